The van der Waals surface area contributed by atoms with E-state index >= 15 is 0 Å². The van der Waals surface area contributed by atoms with E-state index in [0.717, 1.165) is 13.1 Å². The first-order valence-corrected chi connectivity index (χ1v) is 4.55. The van der Waals surface area contributed by atoms with Crippen molar-refractivity contribution in [2.24, 2.45) is 17.1 Å². The summed E-state index contributed by atoms with van der Waals surface area (Å²) in [7, 11) is 0. The summed E-state index contributed by atoms with van der Waals surface area (Å²) >= 11 is 0. The highest BCUT2D eigenvalue weighted by molar-refractivity contribution is 5.87. The Bertz CT molecular complexity index is 225. The molecule has 68 valence electrons. The van der Waals surface area contributed by atoms with Crippen LogP contribution in [-0.4, -0.2) is 29.9 Å². The zero-order valence-electron chi connectivity index (χ0n) is 7.71. The molecule has 0 aromatic heterocycles. The molecule has 2 N–H and O–H groups in total. The lowest BCUT2D eigenvalue weighted by atomic mass is 10.1. The van der Waals surface area contributed by atoms with Crippen LogP contribution in [0.4, 0.5) is 0 Å². The molecule has 1 amide bonds. The third-order valence-electron chi connectivity index (χ3n) is 3.20. The second-order valence-corrected chi connectivity index (χ2v) is 4.74. The summed E-state index contributed by atoms with van der Waals surface area (Å²) in [6.45, 7) is 6.20. The maximum Gasteiger partial charge on any atom is 0.241 e. The van der Waals surface area contributed by atoms with Gasteiger partial charge in [0.2, 0.25) is 5.91 Å². The zero-order chi connectivity index (χ0) is 8.93. The Morgan fingerprint density at radius 3 is 2.58 bits per heavy atom. The van der Waals surface area contributed by atoms with Gasteiger partial charge in [0.1, 0.15) is 6.04 Å². The van der Waals surface area contributed by atoms with Gasteiger partial charge in [0.25, 0.3) is 0 Å². The second kappa shape index (κ2) is 2.22. The molecule has 0 aromatic rings. The van der Waals surface area contributed by atoms with Crippen molar-refractivity contribution in [3.8, 4) is 0 Å². The average Bonchev–Trinajstić information content (AvgIpc) is 2.58. The highest BCUT2D eigenvalue weighted by Gasteiger charge is 2.48. The van der Waals surface area contributed by atoms with Gasteiger partial charge in [-0.25, -0.2) is 0 Å². The van der Waals surface area contributed by atoms with Crippen LogP contribution in [0.25, 0.3) is 0 Å². The van der Waals surface area contributed by atoms with Crippen LogP contribution in [0, 0.1) is 11.3 Å². The van der Waals surface area contributed by atoms with Gasteiger partial charge in [0.15, 0.2) is 0 Å². The van der Waals surface area contributed by atoms with Gasteiger partial charge in [-0.1, -0.05) is 13.8 Å². The highest BCUT2D eigenvalue weighted by atomic mass is 16.2. The minimum absolute atomic E-state index is 0.137. The third-order valence-corrected chi connectivity index (χ3v) is 3.20. The molecule has 0 aromatic carbocycles. The minimum atomic E-state index is -0.202. The van der Waals surface area contributed by atoms with Crippen LogP contribution in [0.3, 0.4) is 0 Å². The molecule has 2 atom stereocenters. The lowest BCUT2D eigenvalue weighted by molar-refractivity contribution is -0.142. The number of hydrogen-bond donors (Lipinski definition) is 1. The molecule has 1 aliphatic carbocycles. The quantitative estimate of drug-likeness (QED) is 0.599. The first-order chi connectivity index (χ1) is 5.50. The molecule has 2 unspecified atom stereocenters. The van der Waals surface area contributed by atoms with Gasteiger partial charge in [0.05, 0.1) is 0 Å². The maximum atomic E-state index is 11.1. The van der Waals surface area contributed by atoms with Crippen LogP contribution in [-0.2, 0) is 4.79 Å². The predicted octanol–water partition coefficient (Wildman–Crippen LogP) is 0.202. The van der Waals surface area contributed by atoms with Crippen molar-refractivity contribution in [1.29, 1.82) is 0 Å². The Balaban J connectivity index is 1.80. The average molecular weight is 168 g/mol. The van der Waals surface area contributed by atoms with E-state index in [0.29, 0.717) is 11.3 Å². The molecule has 3 heteroatoms. The smallest absolute Gasteiger partial charge is 0.241 e. The summed E-state index contributed by atoms with van der Waals surface area (Å²) in [4.78, 5) is 13.0. The molecule has 1 aliphatic heterocycles. The van der Waals surface area contributed by atoms with E-state index in [4.69, 9.17) is 5.73 Å². The van der Waals surface area contributed by atoms with Crippen molar-refractivity contribution in [2.75, 3.05) is 13.1 Å². The van der Waals surface area contributed by atoms with Gasteiger partial charge in [-0.2, -0.15) is 0 Å². The highest BCUT2D eigenvalue weighted by Crippen LogP contribution is 2.52. The molecule has 2 fully saturated rings. The molecule has 2 rings (SSSR count). The molecule has 12 heavy (non-hydrogen) atoms. The van der Waals surface area contributed by atoms with Crippen molar-refractivity contribution >= 4 is 5.91 Å². The van der Waals surface area contributed by atoms with Crippen LogP contribution in [0.5, 0.6) is 0 Å². The molecule has 2 aliphatic rings. The lowest BCUT2D eigenvalue weighted by Gasteiger charge is -2.36. The van der Waals surface area contributed by atoms with Crippen LogP contribution < -0.4 is 5.73 Å². The first-order valence-electron chi connectivity index (χ1n) is 4.55. The Morgan fingerprint density at radius 2 is 2.25 bits per heavy atom. The first kappa shape index (κ1) is 8.05. The van der Waals surface area contributed by atoms with Gasteiger partial charge < -0.3 is 10.6 Å². The Morgan fingerprint density at radius 1 is 1.67 bits per heavy atom. The van der Waals surface area contributed by atoms with Crippen LogP contribution >= 0.6 is 0 Å². The normalized spacial score (nSPS) is 37.9. The van der Waals surface area contributed by atoms with Crippen LogP contribution in [0.1, 0.15) is 20.3 Å². The van der Waals surface area contributed by atoms with E-state index in [1.165, 1.54) is 6.42 Å². The van der Waals surface area contributed by atoms with Crippen molar-refractivity contribution in [3.63, 3.8) is 0 Å². The SMILES string of the molecule is CC1(C)CC1CN1CC(N)C1=O. The van der Waals surface area contributed by atoms with E-state index < -0.39 is 0 Å². The van der Waals surface area contributed by atoms with E-state index in [1.54, 1.807) is 0 Å². The van der Waals surface area contributed by atoms with Gasteiger partial charge in [-0.05, 0) is 17.8 Å². The van der Waals surface area contributed by atoms with Gasteiger partial charge >= 0.3 is 0 Å². The second-order valence-electron chi connectivity index (χ2n) is 4.74. The van der Waals surface area contributed by atoms with Gasteiger partial charge in [0, 0.05) is 13.1 Å². The summed E-state index contributed by atoms with van der Waals surface area (Å²) in [5.41, 5.74) is 5.96. The molecule has 3 nitrogen and oxygen atoms in total. The summed E-state index contributed by atoms with van der Waals surface area (Å²) < 4.78 is 0. The number of amides is 1. The predicted molar refractivity (Wildman–Crippen MR) is 46.4 cm³/mol. The summed E-state index contributed by atoms with van der Waals surface area (Å²) in [6, 6.07) is -0.202. The molecule has 1 saturated heterocycles. The molecule has 1 saturated carbocycles. The fraction of sp³-hybridized carbons (Fsp3) is 0.889. The van der Waals surface area contributed by atoms with E-state index in [9.17, 15) is 4.79 Å². The number of rotatable bonds is 2. The third kappa shape index (κ3) is 1.12. The Labute approximate surface area is 72.9 Å². The number of carbonyl (C=O) groups excluding carboxylic acids is 1. The molecule has 0 radical (unpaired) electrons. The zero-order valence-corrected chi connectivity index (χ0v) is 7.71. The van der Waals surface area contributed by atoms with Crippen molar-refractivity contribution in [3.05, 3.63) is 0 Å². The Hall–Kier alpha value is -0.570. The number of carbonyl (C=O) groups is 1. The van der Waals surface area contributed by atoms with E-state index in [1.807, 2.05) is 4.90 Å². The topological polar surface area (TPSA) is 46.3 Å². The number of nitrogens with two attached hydrogens (primary N) is 1. The van der Waals surface area contributed by atoms with Crippen molar-refractivity contribution < 1.29 is 4.79 Å². The molecular formula is C9H16N2O. The standard InChI is InChI=1S/C9H16N2O/c1-9(2)3-6(9)4-11-5-7(10)8(11)12/h6-7H,3-5,10H2,1-2H3. The molecule has 0 bridgehead atoms. The van der Waals surface area contributed by atoms with E-state index in [2.05, 4.69) is 13.8 Å². The van der Waals surface area contributed by atoms with Crippen molar-refractivity contribution in [1.82, 2.24) is 4.90 Å². The minimum Gasteiger partial charge on any atom is -0.339 e. The monoisotopic (exact) mass is 168 g/mol. The number of β-lactam (4-membered cyclic amide) rings is 1. The number of nitrogens with zero attached hydrogens (tertiary/aromatic N) is 1. The largest absolute Gasteiger partial charge is 0.339 e. The van der Waals surface area contributed by atoms with Crippen LogP contribution in [0.15, 0.2) is 0 Å². The lowest BCUT2D eigenvalue weighted by Crippen LogP contribution is -2.61. The molecule has 1 heterocycles. The Kier molecular flexibility index (Phi) is 1.49. The summed E-state index contributed by atoms with van der Waals surface area (Å²) in [6.07, 6.45) is 1.26. The van der Waals surface area contributed by atoms with Crippen molar-refractivity contribution in [2.45, 2.75) is 26.3 Å². The fourth-order valence-corrected chi connectivity index (χ4v) is 1.85. The fourth-order valence-electron chi connectivity index (χ4n) is 1.85. The van der Waals surface area contributed by atoms with Gasteiger partial charge in [-0.15, -0.1) is 0 Å². The van der Waals surface area contributed by atoms with Crippen LogP contribution in [0.2, 0.25) is 0 Å². The number of hydrogen-bond acceptors (Lipinski definition) is 2. The summed E-state index contributed by atoms with van der Waals surface area (Å²) in [5.74, 6) is 0.853. The maximum absolute atomic E-state index is 11.1. The van der Waals surface area contributed by atoms with E-state index in [-0.39, 0.29) is 11.9 Å². The summed E-state index contributed by atoms with van der Waals surface area (Å²) in [5, 5.41) is 0. The van der Waals surface area contributed by atoms with Gasteiger partial charge in [-0.3, -0.25) is 4.79 Å². The number of likely N-dealkylation sites (tertiary alicyclic amines) is 1. The molecular weight excluding hydrogens is 152 g/mol. The molecule has 0 spiro atoms.